The molecule has 0 spiro atoms. The van der Waals surface area contributed by atoms with Crippen molar-refractivity contribution in [1.29, 1.82) is 0 Å². The van der Waals surface area contributed by atoms with E-state index in [4.69, 9.17) is 0 Å². The molecule has 16 heavy (non-hydrogen) atoms. The van der Waals surface area contributed by atoms with Crippen LogP contribution >= 0.6 is 11.8 Å². The molecular formula is C12H21N3S. The summed E-state index contributed by atoms with van der Waals surface area (Å²) in [5.74, 6) is 0.974. The van der Waals surface area contributed by atoms with E-state index < -0.39 is 0 Å². The third-order valence-electron chi connectivity index (χ3n) is 3.78. The topological polar surface area (TPSA) is 27.6 Å². The number of piperidine rings is 1. The molecule has 2 unspecified atom stereocenters. The third-order valence-corrected chi connectivity index (χ3v) is 5.08. The summed E-state index contributed by atoms with van der Waals surface area (Å²) in [4.78, 5) is 7.06. The molecule has 0 aromatic rings. The molecule has 2 heterocycles. The Morgan fingerprint density at radius 3 is 3.00 bits per heavy atom. The van der Waals surface area contributed by atoms with E-state index in [0.29, 0.717) is 6.04 Å². The second kappa shape index (κ2) is 4.57. The molecule has 0 amide bonds. The number of nitrogens with one attached hydrogen (secondary N) is 1. The fraction of sp³-hybridized carbons (Fsp3) is 0.917. The van der Waals surface area contributed by atoms with Crippen molar-refractivity contribution in [3.8, 4) is 0 Å². The number of likely N-dealkylation sites (N-methyl/N-ethyl adjacent to an activating group) is 1. The summed E-state index contributed by atoms with van der Waals surface area (Å²) in [6, 6.07) is 0.628. The Kier molecular flexibility index (Phi) is 3.11. The lowest BCUT2D eigenvalue weighted by atomic mass is 10.1. The van der Waals surface area contributed by atoms with Crippen molar-refractivity contribution in [2.24, 2.45) is 10.9 Å². The largest absolute Gasteiger partial charge is 0.361 e. The second-order valence-electron chi connectivity index (χ2n) is 5.39. The number of likely N-dealkylation sites (tertiary alicyclic amines) is 1. The average molecular weight is 239 g/mol. The Morgan fingerprint density at radius 2 is 2.25 bits per heavy atom. The molecule has 4 heteroatoms. The van der Waals surface area contributed by atoms with Gasteiger partial charge in [0, 0.05) is 17.8 Å². The minimum absolute atomic E-state index is 0.628. The van der Waals surface area contributed by atoms with Gasteiger partial charge in [0.25, 0.3) is 0 Å². The summed E-state index contributed by atoms with van der Waals surface area (Å²) in [7, 11) is 2.21. The number of hydrogen-bond donors (Lipinski definition) is 1. The van der Waals surface area contributed by atoms with Crippen LogP contribution in [-0.2, 0) is 0 Å². The highest BCUT2D eigenvalue weighted by atomic mass is 32.2. The number of thioether (sulfide) groups is 1. The van der Waals surface area contributed by atoms with Crippen molar-refractivity contribution in [3.05, 3.63) is 0 Å². The third kappa shape index (κ3) is 2.54. The van der Waals surface area contributed by atoms with Crippen LogP contribution < -0.4 is 5.32 Å². The summed E-state index contributed by atoms with van der Waals surface area (Å²) in [6.45, 7) is 3.48. The van der Waals surface area contributed by atoms with Crippen LogP contribution in [0, 0.1) is 5.92 Å². The number of aliphatic imine (C=N–C) groups is 1. The van der Waals surface area contributed by atoms with Crippen LogP contribution in [0.15, 0.2) is 4.99 Å². The molecule has 1 saturated heterocycles. The molecule has 2 fully saturated rings. The Hall–Kier alpha value is -0.220. The van der Waals surface area contributed by atoms with E-state index in [9.17, 15) is 0 Å². The van der Waals surface area contributed by atoms with E-state index in [0.717, 1.165) is 17.7 Å². The fourth-order valence-corrected chi connectivity index (χ4v) is 3.93. The van der Waals surface area contributed by atoms with Crippen molar-refractivity contribution in [2.75, 3.05) is 26.7 Å². The van der Waals surface area contributed by atoms with Gasteiger partial charge in [0.15, 0.2) is 5.17 Å². The lowest BCUT2D eigenvalue weighted by Gasteiger charge is -2.30. The lowest BCUT2D eigenvalue weighted by Crippen LogP contribution is -2.45. The van der Waals surface area contributed by atoms with Gasteiger partial charge in [-0.15, -0.1) is 0 Å². The molecule has 0 radical (unpaired) electrons. The van der Waals surface area contributed by atoms with Crippen molar-refractivity contribution >= 4 is 16.9 Å². The van der Waals surface area contributed by atoms with E-state index in [1.54, 1.807) is 0 Å². The summed E-state index contributed by atoms with van der Waals surface area (Å²) in [6.07, 6.45) is 5.50. The maximum atomic E-state index is 4.65. The van der Waals surface area contributed by atoms with Gasteiger partial charge in [-0.25, -0.2) is 0 Å². The Labute approximate surface area is 102 Å². The van der Waals surface area contributed by atoms with Crippen molar-refractivity contribution < 1.29 is 0 Å². The molecule has 90 valence electrons. The van der Waals surface area contributed by atoms with Gasteiger partial charge in [-0.3, -0.25) is 4.99 Å². The first-order chi connectivity index (χ1) is 7.81. The van der Waals surface area contributed by atoms with Gasteiger partial charge in [0.2, 0.25) is 0 Å². The van der Waals surface area contributed by atoms with Crippen LogP contribution in [0.5, 0.6) is 0 Å². The van der Waals surface area contributed by atoms with Gasteiger partial charge in [-0.05, 0) is 45.2 Å². The highest BCUT2D eigenvalue weighted by Gasteiger charge is 2.35. The summed E-state index contributed by atoms with van der Waals surface area (Å²) in [5.41, 5.74) is 0. The molecule has 2 atom stereocenters. The molecule has 2 aliphatic heterocycles. The van der Waals surface area contributed by atoms with Crippen LogP contribution in [0.3, 0.4) is 0 Å². The fourth-order valence-electron chi connectivity index (χ4n) is 2.64. The Morgan fingerprint density at radius 1 is 1.38 bits per heavy atom. The van der Waals surface area contributed by atoms with E-state index in [2.05, 4.69) is 22.3 Å². The first kappa shape index (κ1) is 10.9. The molecule has 0 bridgehead atoms. The number of amidine groups is 1. The summed E-state index contributed by atoms with van der Waals surface area (Å²) in [5, 5.41) is 5.65. The Balaban J connectivity index is 1.47. The van der Waals surface area contributed by atoms with Crippen molar-refractivity contribution in [3.63, 3.8) is 0 Å². The van der Waals surface area contributed by atoms with Gasteiger partial charge in [-0.1, -0.05) is 11.8 Å². The summed E-state index contributed by atoms with van der Waals surface area (Å²) < 4.78 is 0. The molecule has 0 aromatic carbocycles. The maximum absolute atomic E-state index is 4.65. The first-order valence-corrected chi connectivity index (χ1v) is 7.35. The number of hydrogen-bond acceptors (Lipinski definition) is 4. The van der Waals surface area contributed by atoms with Crippen LogP contribution in [-0.4, -0.2) is 48.0 Å². The smallest absolute Gasteiger partial charge is 0.157 e. The van der Waals surface area contributed by atoms with Crippen LogP contribution in [0.2, 0.25) is 0 Å². The molecular weight excluding hydrogens is 218 g/mol. The second-order valence-corrected chi connectivity index (χ2v) is 6.61. The molecule has 3 aliphatic rings. The zero-order valence-electron chi connectivity index (χ0n) is 9.98. The predicted molar refractivity (Wildman–Crippen MR) is 70.1 cm³/mol. The van der Waals surface area contributed by atoms with E-state index in [1.807, 2.05) is 11.8 Å². The van der Waals surface area contributed by atoms with Gasteiger partial charge in [0.05, 0.1) is 6.54 Å². The molecule has 1 saturated carbocycles. The van der Waals surface area contributed by atoms with Crippen molar-refractivity contribution in [2.45, 2.75) is 37.0 Å². The van der Waals surface area contributed by atoms with E-state index in [-0.39, 0.29) is 0 Å². The molecule has 1 aliphatic carbocycles. The molecule has 0 aromatic heterocycles. The van der Waals surface area contributed by atoms with Crippen molar-refractivity contribution in [1.82, 2.24) is 10.2 Å². The maximum Gasteiger partial charge on any atom is 0.157 e. The first-order valence-electron chi connectivity index (χ1n) is 6.47. The standard InChI is InChI=1S/C12H21N3S/c1-15-6-2-3-10(8-15)14-12-13-7-11(16-12)9-4-5-9/h9-11H,2-8H2,1H3,(H,13,14). The lowest BCUT2D eigenvalue weighted by molar-refractivity contribution is 0.241. The van der Waals surface area contributed by atoms with Gasteiger partial charge in [0.1, 0.15) is 0 Å². The molecule has 3 nitrogen and oxygen atoms in total. The normalized spacial score (nSPS) is 36.2. The predicted octanol–water partition coefficient (Wildman–Crippen LogP) is 1.55. The molecule has 1 N–H and O–H groups in total. The highest BCUT2D eigenvalue weighted by Crippen LogP contribution is 2.41. The van der Waals surface area contributed by atoms with Gasteiger partial charge >= 0.3 is 0 Å². The number of nitrogens with zero attached hydrogens (tertiary/aromatic N) is 2. The number of rotatable bonds is 2. The zero-order chi connectivity index (χ0) is 11.0. The van der Waals surface area contributed by atoms with Gasteiger partial charge in [-0.2, -0.15) is 0 Å². The van der Waals surface area contributed by atoms with Crippen LogP contribution in [0.1, 0.15) is 25.7 Å². The quantitative estimate of drug-likeness (QED) is 0.792. The molecule has 3 rings (SSSR count). The Bertz CT molecular complexity index is 288. The van der Waals surface area contributed by atoms with E-state index in [1.165, 1.54) is 43.9 Å². The minimum Gasteiger partial charge on any atom is -0.361 e. The van der Waals surface area contributed by atoms with Gasteiger partial charge < -0.3 is 10.2 Å². The minimum atomic E-state index is 0.628. The zero-order valence-corrected chi connectivity index (χ0v) is 10.8. The van der Waals surface area contributed by atoms with E-state index >= 15 is 0 Å². The van der Waals surface area contributed by atoms with Crippen LogP contribution in [0.4, 0.5) is 0 Å². The average Bonchev–Trinajstić information content (AvgIpc) is 3.01. The van der Waals surface area contributed by atoms with Crippen LogP contribution in [0.25, 0.3) is 0 Å². The monoisotopic (exact) mass is 239 g/mol. The highest BCUT2D eigenvalue weighted by molar-refractivity contribution is 8.14. The summed E-state index contributed by atoms with van der Waals surface area (Å²) >= 11 is 2.00. The SMILES string of the molecule is CN1CCCC(NC2=NCC(C3CC3)S2)C1.